The fourth-order valence-corrected chi connectivity index (χ4v) is 3.88. The molecule has 0 radical (unpaired) electrons. The summed E-state index contributed by atoms with van der Waals surface area (Å²) in [5.74, 6) is 0.953. The predicted molar refractivity (Wildman–Crippen MR) is 126 cm³/mol. The van der Waals surface area contributed by atoms with Gasteiger partial charge < -0.3 is 15.6 Å². The monoisotopic (exact) mass is 483 g/mol. The molecule has 1 unspecified atom stereocenters. The highest BCUT2D eigenvalue weighted by Gasteiger charge is 2.22. The summed E-state index contributed by atoms with van der Waals surface area (Å²) in [6, 6.07) is 9.13. The lowest BCUT2D eigenvalue weighted by Crippen LogP contribution is -2.39. The van der Waals surface area contributed by atoms with Gasteiger partial charge in [0.15, 0.2) is 5.96 Å². The first-order valence-electron chi connectivity index (χ1n) is 10.1. The number of aliphatic imine (C=N–C) groups is 1. The SMILES string of the molecule is CCNC(=NCC1CCCN1CC)NCCCc1c[nH]c2ccccc12.I. The van der Waals surface area contributed by atoms with Gasteiger partial charge in [-0.15, -0.1) is 24.0 Å². The molecule has 0 bridgehead atoms. The number of guanidine groups is 1. The maximum absolute atomic E-state index is 4.82. The van der Waals surface area contributed by atoms with Gasteiger partial charge in [0, 0.05) is 36.2 Å². The van der Waals surface area contributed by atoms with Crippen molar-refractivity contribution in [1.82, 2.24) is 20.5 Å². The quantitative estimate of drug-likeness (QED) is 0.232. The molecule has 2 heterocycles. The summed E-state index contributed by atoms with van der Waals surface area (Å²) in [4.78, 5) is 10.7. The van der Waals surface area contributed by atoms with E-state index in [1.54, 1.807) is 0 Å². The van der Waals surface area contributed by atoms with E-state index in [1.807, 2.05) is 0 Å². The van der Waals surface area contributed by atoms with E-state index in [4.69, 9.17) is 4.99 Å². The standard InChI is InChI=1S/C21H33N5.HI/c1-3-22-21(25-16-18-10-8-14-26(18)4-2)23-13-7-9-17-15-24-20-12-6-5-11-19(17)20;/h5-6,11-12,15,18,24H,3-4,7-10,13-14,16H2,1-2H3,(H2,22,23,25);1H. The van der Waals surface area contributed by atoms with E-state index in [1.165, 1.54) is 35.9 Å². The van der Waals surface area contributed by atoms with Gasteiger partial charge in [-0.1, -0.05) is 25.1 Å². The van der Waals surface area contributed by atoms with E-state index in [0.717, 1.165) is 45.0 Å². The molecule has 1 atom stereocenters. The Balaban J connectivity index is 0.00000261. The summed E-state index contributed by atoms with van der Waals surface area (Å²) in [6.07, 6.45) is 6.89. The molecule has 6 heteroatoms. The zero-order valence-corrected chi connectivity index (χ0v) is 19.0. The minimum Gasteiger partial charge on any atom is -0.361 e. The van der Waals surface area contributed by atoms with Gasteiger partial charge in [0.2, 0.25) is 0 Å². The Bertz CT molecular complexity index is 711. The Morgan fingerprint density at radius 1 is 1.26 bits per heavy atom. The maximum Gasteiger partial charge on any atom is 0.191 e. The Morgan fingerprint density at radius 2 is 2.11 bits per heavy atom. The van der Waals surface area contributed by atoms with Crippen LogP contribution < -0.4 is 10.6 Å². The first-order valence-corrected chi connectivity index (χ1v) is 10.1. The third-order valence-electron chi connectivity index (χ3n) is 5.30. The average molecular weight is 483 g/mol. The van der Waals surface area contributed by atoms with Crippen molar-refractivity contribution < 1.29 is 0 Å². The minimum atomic E-state index is 0. The fourth-order valence-electron chi connectivity index (χ4n) is 3.88. The van der Waals surface area contributed by atoms with Crippen LogP contribution in [0.5, 0.6) is 0 Å². The lowest BCUT2D eigenvalue weighted by Gasteiger charge is -2.21. The molecule has 1 fully saturated rings. The lowest BCUT2D eigenvalue weighted by molar-refractivity contribution is 0.273. The minimum absolute atomic E-state index is 0. The largest absolute Gasteiger partial charge is 0.361 e. The second-order valence-electron chi connectivity index (χ2n) is 7.03. The number of halogens is 1. The summed E-state index contributed by atoms with van der Waals surface area (Å²) in [5.41, 5.74) is 2.62. The number of hydrogen-bond donors (Lipinski definition) is 3. The van der Waals surface area contributed by atoms with Crippen molar-refractivity contribution in [3.05, 3.63) is 36.0 Å². The van der Waals surface area contributed by atoms with Gasteiger partial charge in [0.05, 0.1) is 6.54 Å². The van der Waals surface area contributed by atoms with Crippen molar-refractivity contribution in [1.29, 1.82) is 0 Å². The van der Waals surface area contributed by atoms with Crippen LogP contribution in [0.15, 0.2) is 35.5 Å². The molecule has 0 amide bonds. The fraction of sp³-hybridized carbons (Fsp3) is 0.571. The molecule has 27 heavy (non-hydrogen) atoms. The van der Waals surface area contributed by atoms with Crippen molar-refractivity contribution in [2.24, 2.45) is 4.99 Å². The number of benzene rings is 1. The third-order valence-corrected chi connectivity index (χ3v) is 5.30. The van der Waals surface area contributed by atoms with Gasteiger partial charge in [-0.3, -0.25) is 9.89 Å². The number of nitrogens with one attached hydrogen (secondary N) is 3. The molecule has 0 aliphatic carbocycles. The van der Waals surface area contributed by atoms with Gasteiger partial charge in [-0.2, -0.15) is 0 Å². The number of H-pyrrole nitrogens is 1. The number of likely N-dealkylation sites (tertiary alicyclic amines) is 1. The van der Waals surface area contributed by atoms with Crippen LogP contribution in [0.4, 0.5) is 0 Å². The number of nitrogens with zero attached hydrogens (tertiary/aromatic N) is 2. The number of fused-ring (bicyclic) bond motifs is 1. The molecular formula is C21H34IN5. The van der Waals surface area contributed by atoms with Gasteiger partial charge >= 0.3 is 0 Å². The van der Waals surface area contributed by atoms with Crippen molar-refractivity contribution >= 4 is 40.8 Å². The number of para-hydroxylation sites is 1. The molecule has 2 aromatic rings. The van der Waals surface area contributed by atoms with E-state index in [2.05, 4.69) is 64.8 Å². The van der Waals surface area contributed by atoms with Crippen molar-refractivity contribution in [3.63, 3.8) is 0 Å². The Kier molecular flexibility index (Phi) is 9.41. The van der Waals surface area contributed by atoms with Crippen LogP contribution >= 0.6 is 24.0 Å². The summed E-state index contributed by atoms with van der Waals surface area (Å²) < 4.78 is 0. The molecule has 1 aliphatic rings. The molecule has 3 rings (SSSR count). The number of aromatic amines is 1. The first kappa shape index (κ1) is 22.0. The van der Waals surface area contributed by atoms with Crippen LogP contribution in [0.25, 0.3) is 10.9 Å². The van der Waals surface area contributed by atoms with Crippen LogP contribution in [0.1, 0.15) is 38.7 Å². The molecule has 5 nitrogen and oxygen atoms in total. The van der Waals surface area contributed by atoms with Crippen molar-refractivity contribution in [2.75, 3.05) is 32.7 Å². The van der Waals surface area contributed by atoms with E-state index in [9.17, 15) is 0 Å². The van der Waals surface area contributed by atoms with Crippen LogP contribution in [-0.2, 0) is 6.42 Å². The Labute approximate surface area is 180 Å². The van der Waals surface area contributed by atoms with Crippen LogP contribution in [0.3, 0.4) is 0 Å². The number of aryl methyl sites for hydroxylation is 1. The summed E-state index contributed by atoms with van der Waals surface area (Å²) in [7, 11) is 0. The van der Waals surface area contributed by atoms with Gasteiger partial charge in [-0.25, -0.2) is 0 Å². The Hall–Kier alpha value is -1.28. The molecular weight excluding hydrogens is 449 g/mol. The topological polar surface area (TPSA) is 55.5 Å². The van der Waals surface area contributed by atoms with Gasteiger partial charge in [0.1, 0.15) is 0 Å². The van der Waals surface area contributed by atoms with Gasteiger partial charge in [0.25, 0.3) is 0 Å². The smallest absolute Gasteiger partial charge is 0.191 e. The average Bonchev–Trinajstić information content (AvgIpc) is 3.29. The van der Waals surface area contributed by atoms with Crippen LogP contribution in [0, 0.1) is 0 Å². The van der Waals surface area contributed by atoms with E-state index in [-0.39, 0.29) is 24.0 Å². The molecule has 0 spiro atoms. The molecule has 0 saturated carbocycles. The van der Waals surface area contributed by atoms with E-state index in [0.29, 0.717) is 6.04 Å². The molecule has 1 aliphatic heterocycles. The van der Waals surface area contributed by atoms with Crippen molar-refractivity contribution in [2.45, 2.75) is 45.6 Å². The predicted octanol–water partition coefficient (Wildman–Crippen LogP) is 3.76. The maximum atomic E-state index is 4.82. The highest BCUT2D eigenvalue weighted by atomic mass is 127. The zero-order valence-electron chi connectivity index (χ0n) is 16.6. The molecule has 3 N–H and O–H groups in total. The van der Waals surface area contributed by atoms with Gasteiger partial charge in [-0.05, 0) is 57.3 Å². The third kappa shape index (κ3) is 6.10. The molecule has 1 aromatic heterocycles. The number of aromatic nitrogens is 1. The molecule has 1 aromatic carbocycles. The Morgan fingerprint density at radius 3 is 2.93 bits per heavy atom. The van der Waals surface area contributed by atoms with Crippen LogP contribution in [-0.4, -0.2) is 54.6 Å². The number of hydrogen-bond acceptors (Lipinski definition) is 2. The van der Waals surface area contributed by atoms with Crippen molar-refractivity contribution in [3.8, 4) is 0 Å². The highest BCUT2D eigenvalue weighted by molar-refractivity contribution is 14.0. The van der Waals surface area contributed by atoms with E-state index >= 15 is 0 Å². The molecule has 1 saturated heterocycles. The second kappa shape index (κ2) is 11.5. The van der Waals surface area contributed by atoms with E-state index < -0.39 is 0 Å². The second-order valence-corrected chi connectivity index (χ2v) is 7.03. The molecule has 150 valence electrons. The summed E-state index contributed by atoms with van der Waals surface area (Å²) in [5, 5.41) is 8.22. The number of rotatable bonds is 8. The number of likely N-dealkylation sites (N-methyl/N-ethyl adjacent to an activating group) is 1. The first-order chi connectivity index (χ1) is 12.8. The van der Waals surface area contributed by atoms with Crippen LogP contribution in [0.2, 0.25) is 0 Å². The summed E-state index contributed by atoms with van der Waals surface area (Å²) >= 11 is 0. The normalized spacial score (nSPS) is 17.9. The zero-order chi connectivity index (χ0) is 18.2. The highest BCUT2D eigenvalue weighted by Crippen LogP contribution is 2.19. The lowest BCUT2D eigenvalue weighted by atomic mass is 10.1. The summed E-state index contributed by atoms with van der Waals surface area (Å²) in [6.45, 7) is 9.46.